The minimum absolute atomic E-state index is 0.256. The molecule has 3 aliphatic heterocycles. The van der Waals surface area contributed by atoms with Crippen LogP contribution in [0.25, 0.3) is 0 Å². The fraction of sp³-hybridized carbons (Fsp3) is 0.923. The van der Waals surface area contributed by atoms with Crippen molar-refractivity contribution in [2.24, 2.45) is 5.92 Å². The normalized spacial score (nSPS) is 37.2. The number of hydrogen-bond donors (Lipinski definition) is 0. The van der Waals surface area contributed by atoms with E-state index >= 15 is 0 Å². The maximum absolute atomic E-state index is 8.91. The Bertz CT molecular complexity index is 329. The lowest BCUT2D eigenvalue weighted by molar-refractivity contribution is -0.0289. The number of rotatable bonds is 8. The van der Waals surface area contributed by atoms with Gasteiger partial charge in [0.25, 0.3) is 6.26 Å². The van der Waals surface area contributed by atoms with Crippen LogP contribution in [0.1, 0.15) is 26.2 Å². The molecule has 4 atom stereocenters. The zero-order chi connectivity index (χ0) is 12.6. The van der Waals surface area contributed by atoms with E-state index in [1.165, 1.54) is 0 Å². The zero-order valence-electron chi connectivity index (χ0n) is 10.6. The molecule has 0 aromatic heterocycles. The summed E-state index contributed by atoms with van der Waals surface area (Å²) >= 11 is 0. The van der Waals surface area contributed by atoms with Crippen LogP contribution >= 0.6 is 0 Å². The lowest BCUT2D eigenvalue weighted by Gasteiger charge is -2.34. The third-order valence-electron chi connectivity index (χ3n) is 4.08. The molecule has 0 aromatic carbocycles. The summed E-state index contributed by atoms with van der Waals surface area (Å²) in [5, 5.41) is 8.91. The molecule has 5 nitrogen and oxygen atoms in total. The van der Waals surface area contributed by atoms with Gasteiger partial charge in [0.1, 0.15) is 5.60 Å². The Morgan fingerprint density at radius 3 is 2.06 bits per heavy atom. The summed E-state index contributed by atoms with van der Waals surface area (Å²) in [6.07, 6.45) is 5.49. The highest BCUT2D eigenvalue weighted by Crippen LogP contribution is 2.40. The Hall–Kier alpha value is -0.830. The minimum Gasteiger partial charge on any atom is -0.421 e. The summed E-state index contributed by atoms with van der Waals surface area (Å²) in [5.74, 6) is 0.293. The van der Waals surface area contributed by atoms with E-state index in [1.54, 1.807) is 0 Å². The molecule has 0 N–H and O–H groups in total. The summed E-state index contributed by atoms with van der Waals surface area (Å²) in [5.41, 5.74) is -0.451. The predicted molar refractivity (Wildman–Crippen MR) is 61.7 cm³/mol. The van der Waals surface area contributed by atoms with Crippen molar-refractivity contribution in [1.29, 1.82) is 5.26 Å². The molecule has 3 fully saturated rings. The standard InChI is InChI=1S/C13H19NO4/c1-13(18-8-14,4-12-7-17-12)9(2-10-5-15-10)3-11-6-16-11/h9-12H,2-7H2,1H3. The molecule has 4 unspecified atom stereocenters. The summed E-state index contributed by atoms with van der Waals surface area (Å²) in [7, 11) is 0. The molecule has 0 radical (unpaired) electrons. The lowest BCUT2D eigenvalue weighted by Crippen LogP contribution is -2.39. The first-order valence-corrected chi connectivity index (χ1v) is 6.61. The van der Waals surface area contributed by atoms with Crippen LogP contribution in [-0.2, 0) is 18.9 Å². The van der Waals surface area contributed by atoms with E-state index in [1.807, 2.05) is 13.2 Å². The second-order valence-corrected chi connectivity index (χ2v) is 5.74. The van der Waals surface area contributed by atoms with Crippen molar-refractivity contribution < 1.29 is 18.9 Å². The number of epoxide rings is 3. The molecular weight excluding hydrogens is 234 g/mol. The van der Waals surface area contributed by atoms with Crippen molar-refractivity contribution in [2.75, 3.05) is 19.8 Å². The highest BCUT2D eigenvalue weighted by Gasteiger charge is 2.46. The third kappa shape index (κ3) is 3.14. The zero-order valence-corrected chi connectivity index (χ0v) is 10.6. The quantitative estimate of drug-likeness (QED) is 0.480. The van der Waals surface area contributed by atoms with Crippen LogP contribution in [0.15, 0.2) is 0 Å². The number of ether oxygens (including phenoxy) is 4. The molecule has 100 valence electrons. The van der Waals surface area contributed by atoms with Gasteiger partial charge in [-0.15, -0.1) is 0 Å². The highest BCUT2D eigenvalue weighted by molar-refractivity contribution is 4.96. The van der Waals surface area contributed by atoms with E-state index in [0.29, 0.717) is 18.1 Å². The molecule has 0 spiro atoms. The maximum atomic E-state index is 8.91. The first-order valence-electron chi connectivity index (χ1n) is 6.61. The largest absolute Gasteiger partial charge is 0.421 e. The molecule has 3 heterocycles. The van der Waals surface area contributed by atoms with Crippen LogP contribution in [0.5, 0.6) is 0 Å². The van der Waals surface area contributed by atoms with Crippen molar-refractivity contribution >= 4 is 0 Å². The van der Waals surface area contributed by atoms with Crippen LogP contribution in [0.4, 0.5) is 0 Å². The molecular formula is C13H19NO4. The van der Waals surface area contributed by atoms with Gasteiger partial charge in [-0.05, 0) is 19.8 Å². The molecule has 3 saturated heterocycles. The topological polar surface area (TPSA) is 70.6 Å². The third-order valence-corrected chi connectivity index (χ3v) is 4.08. The van der Waals surface area contributed by atoms with Gasteiger partial charge < -0.3 is 18.9 Å². The fourth-order valence-electron chi connectivity index (χ4n) is 2.67. The Morgan fingerprint density at radius 1 is 1.17 bits per heavy atom. The van der Waals surface area contributed by atoms with Crippen LogP contribution < -0.4 is 0 Å². The van der Waals surface area contributed by atoms with Gasteiger partial charge in [-0.3, -0.25) is 0 Å². The Labute approximate surface area is 107 Å². The molecule has 3 rings (SSSR count). The Balaban J connectivity index is 1.66. The van der Waals surface area contributed by atoms with Gasteiger partial charge in [-0.1, -0.05) is 0 Å². The van der Waals surface area contributed by atoms with E-state index in [2.05, 4.69) is 0 Å². The average molecular weight is 253 g/mol. The number of nitriles is 1. The molecule has 0 bridgehead atoms. The molecule has 3 aliphatic rings. The average Bonchev–Trinajstić information content (AvgIpc) is 3.14. The molecule has 0 amide bonds. The monoisotopic (exact) mass is 253 g/mol. The number of nitrogens with zero attached hydrogens (tertiary/aromatic N) is 1. The van der Waals surface area contributed by atoms with Gasteiger partial charge >= 0.3 is 0 Å². The summed E-state index contributed by atoms with van der Waals surface area (Å²) in [6, 6.07) is 0. The second-order valence-electron chi connectivity index (χ2n) is 5.74. The van der Waals surface area contributed by atoms with E-state index in [4.69, 9.17) is 24.2 Å². The van der Waals surface area contributed by atoms with Crippen molar-refractivity contribution in [3.05, 3.63) is 0 Å². The SMILES string of the molecule is CC(CC1CO1)(OC#N)C(CC1CO1)CC1CO1. The summed E-state index contributed by atoms with van der Waals surface area (Å²) < 4.78 is 21.4. The predicted octanol–water partition coefficient (Wildman–Crippen LogP) is 1.23. The van der Waals surface area contributed by atoms with Crippen molar-refractivity contribution in [3.63, 3.8) is 0 Å². The maximum Gasteiger partial charge on any atom is 0.286 e. The molecule has 0 aromatic rings. The van der Waals surface area contributed by atoms with Gasteiger partial charge in [0.2, 0.25) is 0 Å². The molecule has 18 heavy (non-hydrogen) atoms. The number of hydrogen-bond acceptors (Lipinski definition) is 5. The molecule has 0 aliphatic carbocycles. The molecule has 0 saturated carbocycles. The van der Waals surface area contributed by atoms with Crippen LogP contribution in [0.2, 0.25) is 0 Å². The Morgan fingerprint density at radius 2 is 1.67 bits per heavy atom. The minimum atomic E-state index is -0.451. The van der Waals surface area contributed by atoms with Crippen LogP contribution in [0, 0.1) is 17.4 Å². The fourth-order valence-corrected chi connectivity index (χ4v) is 2.67. The smallest absolute Gasteiger partial charge is 0.286 e. The second kappa shape index (κ2) is 4.69. The van der Waals surface area contributed by atoms with Crippen molar-refractivity contribution in [1.82, 2.24) is 0 Å². The van der Waals surface area contributed by atoms with Gasteiger partial charge in [-0.2, -0.15) is 5.26 Å². The Kier molecular flexibility index (Phi) is 3.18. The van der Waals surface area contributed by atoms with E-state index in [-0.39, 0.29) is 6.10 Å². The first-order chi connectivity index (χ1) is 8.69. The van der Waals surface area contributed by atoms with Crippen molar-refractivity contribution in [3.8, 4) is 6.26 Å². The van der Waals surface area contributed by atoms with Gasteiger partial charge in [-0.25, -0.2) is 0 Å². The van der Waals surface area contributed by atoms with Crippen molar-refractivity contribution in [2.45, 2.75) is 50.1 Å². The summed E-state index contributed by atoms with van der Waals surface area (Å²) in [4.78, 5) is 0. The lowest BCUT2D eigenvalue weighted by atomic mass is 9.79. The van der Waals surface area contributed by atoms with Crippen LogP contribution in [-0.4, -0.2) is 43.7 Å². The highest BCUT2D eigenvalue weighted by atomic mass is 16.6. The van der Waals surface area contributed by atoms with Gasteiger partial charge in [0.15, 0.2) is 0 Å². The van der Waals surface area contributed by atoms with Gasteiger partial charge in [0.05, 0.1) is 38.1 Å². The summed E-state index contributed by atoms with van der Waals surface area (Å²) in [6.45, 7) is 4.49. The van der Waals surface area contributed by atoms with E-state index in [9.17, 15) is 0 Å². The van der Waals surface area contributed by atoms with E-state index < -0.39 is 5.60 Å². The molecule has 5 heteroatoms. The van der Waals surface area contributed by atoms with E-state index in [0.717, 1.165) is 39.1 Å². The van der Waals surface area contributed by atoms with Crippen LogP contribution in [0.3, 0.4) is 0 Å². The van der Waals surface area contributed by atoms with Gasteiger partial charge in [0, 0.05) is 12.3 Å². The first kappa shape index (κ1) is 12.2.